The number of sulfonamides is 1. The standard InChI is InChI=1S/C22H29N3O5S/c1-23-10-6-17-15-19(4-5-20(17)23)31(27,28)25-9-2-3-18(16-25)21(26)24-11-7-22(8-12-24)29-13-14-30-22/h4-6,10,15,18H,2-3,7-9,11-14,16H2,1H3/t18-/m1/s1. The normalized spacial score (nSPS) is 24.8. The van der Waals surface area contributed by atoms with E-state index in [4.69, 9.17) is 9.47 Å². The summed E-state index contributed by atoms with van der Waals surface area (Å²) < 4.78 is 41.6. The number of carbonyl (C=O) groups is 1. The second kappa shape index (κ2) is 7.88. The van der Waals surface area contributed by atoms with Crippen LogP contribution in [0.3, 0.4) is 0 Å². The highest BCUT2D eigenvalue weighted by Crippen LogP contribution is 2.33. The summed E-state index contributed by atoms with van der Waals surface area (Å²) in [5.41, 5.74) is 0.990. The van der Waals surface area contributed by atoms with Gasteiger partial charge in [-0.3, -0.25) is 4.79 Å². The van der Waals surface area contributed by atoms with Gasteiger partial charge in [-0.2, -0.15) is 4.31 Å². The molecule has 5 rings (SSSR count). The molecule has 8 nitrogen and oxygen atoms in total. The molecular weight excluding hydrogens is 418 g/mol. The minimum Gasteiger partial charge on any atom is -0.351 e. The van der Waals surface area contributed by atoms with Crippen LogP contribution in [0, 0.1) is 5.92 Å². The maximum absolute atomic E-state index is 13.3. The van der Waals surface area contributed by atoms with E-state index >= 15 is 0 Å². The van der Waals surface area contributed by atoms with Gasteiger partial charge in [-0.25, -0.2) is 8.42 Å². The maximum Gasteiger partial charge on any atom is 0.243 e. The second-order valence-corrected chi connectivity index (χ2v) is 10.7. The van der Waals surface area contributed by atoms with Gasteiger partial charge >= 0.3 is 0 Å². The Bertz CT molecular complexity index is 1080. The quantitative estimate of drug-likeness (QED) is 0.718. The number of piperidine rings is 2. The second-order valence-electron chi connectivity index (χ2n) is 8.78. The highest BCUT2D eigenvalue weighted by Gasteiger charge is 2.42. The van der Waals surface area contributed by atoms with Crippen molar-refractivity contribution in [1.82, 2.24) is 13.8 Å². The van der Waals surface area contributed by atoms with Crippen molar-refractivity contribution in [2.75, 3.05) is 39.4 Å². The average molecular weight is 448 g/mol. The molecule has 9 heteroatoms. The predicted octanol–water partition coefficient (Wildman–Crippen LogP) is 1.94. The molecule has 3 saturated heterocycles. The van der Waals surface area contributed by atoms with Crippen LogP contribution in [0.15, 0.2) is 35.4 Å². The summed E-state index contributed by atoms with van der Waals surface area (Å²) in [4.78, 5) is 15.3. The number of aromatic nitrogens is 1. The number of rotatable bonds is 3. The summed E-state index contributed by atoms with van der Waals surface area (Å²) >= 11 is 0. The molecule has 31 heavy (non-hydrogen) atoms. The summed E-state index contributed by atoms with van der Waals surface area (Å²) in [5.74, 6) is -0.774. The third kappa shape index (κ3) is 3.77. The molecule has 0 saturated carbocycles. The Labute approximate surface area is 182 Å². The molecule has 0 unspecified atom stereocenters. The highest BCUT2D eigenvalue weighted by molar-refractivity contribution is 7.89. The van der Waals surface area contributed by atoms with Gasteiger partial charge in [0, 0.05) is 63.2 Å². The Hall–Kier alpha value is -1.94. The molecule has 2 aromatic rings. The summed E-state index contributed by atoms with van der Waals surface area (Å²) in [6.45, 7) is 3.09. The first-order valence-electron chi connectivity index (χ1n) is 11.0. The van der Waals surface area contributed by atoms with Crippen molar-refractivity contribution in [1.29, 1.82) is 0 Å². The van der Waals surface area contributed by atoms with Gasteiger partial charge in [-0.1, -0.05) is 0 Å². The Morgan fingerprint density at radius 2 is 1.84 bits per heavy atom. The van der Waals surface area contributed by atoms with Crippen LogP contribution in [0.1, 0.15) is 25.7 Å². The fourth-order valence-corrected chi connectivity index (χ4v) is 6.60. The number of benzene rings is 1. The molecule has 0 aliphatic carbocycles. The van der Waals surface area contributed by atoms with Gasteiger partial charge in [0.1, 0.15) is 0 Å². The molecule has 168 valence electrons. The summed E-state index contributed by atoms with van der Waals surface area (Å²) in [5, 5.41) is 0.895. The van der Waals surface area contributed by atoms with Crippen LogP contribution in [0.25, 0.3) is 10.9 Å². The maximum atomic E-state index is 13.3. The molecule has 3 fully saturated rings. The van der Waals surface area contributed by atoms with Gasteiger partial charge in [0.15, 0.2) is 5.79 Å². The molecule has 0 N–H and O–H groups in total. The van der Waals surface area contributed by atoms with E-state index in [1.165, 1.54) is 4.31 Å². The molecule has 4 heterocycles. The van der Waals surface area contributed by atoms with E-state index in [1.54, 1.807) is 12.1 Å². The van der Waals surface area contributed by atoms with Crippen LogP contribution < -0.4 is 0 Å². The van der Waals surface area contributed by atoms with Crippen molar-refractivity contribution in [3.8, 4) is 0 Å². The molecule has 3 aliphatic rings. The Morgan fingerprint density at radius 1 is 1.10 bits per heavy atom. The molecule has 0 bridgehead atoms. The van der Waals surface area contributed by atoms with E-state index in [2.05, 4.69) is 0 Å². The molecule has 3 aliphatic heterocycles. The van der Waals surface area contributed by atoms with Gasteiger partial charge in [0.05, 0.1) is 24.0 Å². The van der Waals surface area contributed by atoms with Crippen molar-refractivity contribution < 1.29 is 22.7 Å². The Balaban J connectivity index is 1.28. The SMILES string of the molecule is Cn1ccc2cc(S(=O)(=O)N3CCC[C@@H](C(=O)N4CCC5(CC4)OCCO5)C3)ccc21. The van der Waals surface area contributed by atoms with Crippen molar-refractivity contribution in [3.63, 3.8) is 0 Å². The Kier molecular flexibility index (Phi) is 5.32. The molecule has 1 amide bonds. The number of aryl methyl sites for hydroxylation is 1. The third-order valence-electron chi connectivity index (χ3n) is 6.88. The first kappa shape index (κ1) is 20.9. The van der Waals surface area contributed by atoms with Gasteiger partial charge in [0.25, 0.3) is 0 Å². The molecule has 1 atom stereocenters. The molecule has 1 aromatic carbocycles. The number of hydrogen-bond acceptors (Lipinski definition) is 5. The predicted molar refractivity (Wildman–Crippen MR) is 115 cm³/mol. The van der Waals surface area contributed by atoms with E-state index in [9.17, 15) is 13.2 Å². The number of carbonyl (C=O) groups excluding carboxylic acids is 1. The summed E-state index contributed by atoms with van der Waals surface area (Å²) in [6.07, 6.45) is 4.67. The van der Waals surface area contributed by atoms with E-state index < -0.39 is 15.8 Å². The van der Waals surface area contributed by atoms with Crippen LogP contribution in [0.2, 0.25) is 0 Å². The van der Waals surface area contributed by atoms with E-state index in [0.29, 0.717) is 52.1 Å². The van der Waals surface area contributed by atoms with E-state index in [0.717, 1.165) is 17.3 Å². The summed E-state index contributed by atoms with van der Waals surface area (Å²) in [6, 6.07) is 7.14. The number of amides is 1. The fourth-order valence-electron chi connectivity index (χ4n) is 5.04. The van der Waals surface area contributed by atoms with Crippen molar-refractivity contribution in [3.05, 3.63) is 30.5 Å². The van der Waals surface area contributed by atoms with Gasteiger partial charge in [-0.15, -0.1) is 0 Å². The lowest BCUT2D eigenvalue weighted by atomic mass is 9.96. The molecule has 1 spiro atoms. The number of nitrogens with zero attached hydrogens (tertiary/aromatic N) is 3. The molecular formula is C22H29N3O5S. The first-order chi connectivity index (χ1) is 14.9. The lowest BCUT2D eigenvalue weighted by Crippen LogP contribution is -2.51. The molecule has 1 aromatic heterocycles. The number of likely N-dealkylation sites (tertiary alicyclic amines) is 1. The smallest absolute Gasteiger partial charge is 0.243 e. The van der Waals surface area contributed by atoms with Crippen LogP contribution in [-0.4, -0.2) is 73.3 Å². The third-order valence-corrected chi connectivity index (χ3v) is 8.74. The minimum atomic E-state index is -3.65. The number of ether oxygens (including phenoxy) is 2. The lowest BCUT2D eigenvalue weighted by molar-refractivity contribution is -0.188. The fraction of sp³-hybridized carbons (Fsp3) is 0.591. The minimum absolute atomic E-state index is 0.0475. The largest absolute Gasteiger partial charge is 0.351 e. The zero-order valence-electron chi connectivity index (χ0n) is 17.8. The Morgan fingerprint density at radius 3 is 2.58 bits per heavy atom. The van der Waals surface area contributed by atoms with E-state index in [-0.39, 0.29) is 23.3 Å². The lowest BCUT2D eigenvalue weighted by Gasteiger charge is -2.40. The number of hydrogen-bond donors (Lipinski definition) is 0. The van der Waals surface area contributed by atoms with E-state index in [1.807, 2.05) is 34.8 Å². The van der Waals surface area contributed by atoms with Gasteiger partial charge in [-0.05, 0) is 37.1 Å². The molecule has 0 radical (unpaired) electrons. The highest BCUT2D eigenvalue weighted by atomic mass is 32.2. The zero-order chi connectivity index (χ0) is 21.6. The monoisotopic (exact) mass is 447 g/mol. The van der Waals surface area contributed by atoms with Crippen molar-refractivity contribution in [2.24, 2.45) is 13.0 Å². The van der Waals surface area contributed by atoms with Crippen LogP contribution in [0.4, 0.5) is 0 Å². The van der Waals surface area contributed by atoms with Crippen molar-refractivity contribution in [2.45, 2.75) is 36.4 Å². The van der Waals surface area contributed by atoms with Crippen LogP contribution in [0.5, 0.6) is 0 Å². The topological polar surface area (TPSA) is 81.1 Å². The average Bonchev–Trinajstić information content (AvgIpc) is 3.40. The zero-order valence-corrected chi connectivity index (χ0v) is 18.6. The van der Waals surface area contributed by atoms with Gasteiger partial charge in [0.2, 0.25) is 15.9 Å². The first-order valence-corrected chi connectivity index (χ1v) is 12.4. The van der Waals surface area contributed by atoms with Gasteiger partial charge < -0.3 is 18.9 Å². The van der Waals surface area contributed by atoms with Crippen LogP contribution in [-0.2, 0) is 31.3 Å². The number of fused-ring (bicyclic) bond motifs is 1. The van der Waals surface area contributed by atoms with Crippen LogP contribution >= 0.6 is 0 Å². The van der Waals surface area contributed by atoms with Crippen molar-refractivity contribution >= 4 is 26.8 Å². The summed E-state index contributed by atoms with van der Waals surface area (Å²) in [7, 11) is -1.71.